The zero-order chi connectivity index (χ0) is 22.0. The van der Waals surface area contributed by atoms with Gasteiger partial charge in [0.1, 0.15) is 9.88 Å². The number of aromatic nitrogens is 1. The number of aryl methyl sites for hydroxylation is 2. The predicted molar refractivity (Wildman–Crippen MR) is 125 cm³/mol. The molecule has 2 heterocycles. The maximum atomic E-state index is 12.9. The van der Waals surface area contributed by atoms with Crippen LogP contribution in [0.4, 0.5) is 5.69 Å². The van der Waals surface area contributed by atoms with Crippen LogP contribution in [0.1, 0.15) is 32.9 Å². The van der Waals surface area contributed by atoms with E-state index in [0.29, 0.717) is 22.9 Å². The van der Waals surface area contributed by atoms with Gasteiger partial charge in [0, 0.05) is 31.4 Å². The Balaban J connectivity index is 1.48. The lowest BCUT2D eigenvalue weighted by Gasteiger charge is -2.27. The third-order valence-electron chi connectivity index (χ3n) is 5.58. The van der Waals surface area contributed by atoms with Crippen molar-refractivity contribution in [3.63, 3.8) is 0 Å². The van der Waals surface area contributed by atoms with Gasteiger partial charge in [0.15, 0.2) is 11.5 Å². The summed E-state index contributed by atoms with van der Waals surface area (Å²) in [6.07, 6.45) is 2.25. The maximum Gasteiger partial charge on any atom is 0.263 e. The van der Waals surface area contributed by atoms with Gasteiger partial charge in [-0.1, -0.05) is 12.1 Å². The zero-order valence-electron chi connectivity index (χ0n) is 18.3. The number of methoxy groups -OCH3 is 2. The molecule has 0 unspecified atom stereocenters. The van der Waals surface area contributed by atoms with E-state index in [4.69, 9.17) is 9.47 Å². The van der Waals surface area contributed by atoms with Crippen LogP contribution in [-0.2, 0) is 13.0 Å². The number of ether oxygens (including phenoxy) is 2. The van der Waals surface area contributed by atoms with E-state index in [1.807, 2.05) is 25.1 Å². The summed E-state index contributed by atoms with van der Waals surface area (Å²) < 4.78 is 10.7. The number of nitrogens with one attached hydrogen (secondary N) is 1. The first-order chi connectivity index (χ1) is 15.0. The number of hydrogen-bond donors (Lipinski definition) is 1. The van der Waals surface area contributed by atoms with E-state index in [-0.39, 0.29) is 5.91 Å². The van der Waals surface area contributed by atoms with E-state index in [0.717, 1.165) is 41.2 Å². The number of amides is 1. The number of benzene rings is 2. The number of anilines is 1. The molecule has 1 aliphatic heterocycles. The first-order valence-corrected chi connectivity index (χ1v) is 11.1. The molecule has 1 aliphatic rings. The fraction of sp³-hybridized carbons (Fsp3) is 0.333. The molecule has 31 heavy (non-hydrogen) atoms. The van der Waals surface area contributed by atoms with E-state index in [1.165, 1.54) is 22.6 Å². The van der Waals surface area contributed by atoms with Crippen LogP contribution >= 0.6 is 11.3 Å². The first kappa shape index (κ1) is 21.2. The standard InChI is InChI=1S/C24H27N3O3S/c1-15-22(31-24(26-15)18-8-10-20(29-3)21(13-18)30-4)23(28)25-14-16-7-9-19-17(12-16)6-5-11-27(19)2/h7-10,12-13H,5-6,11,14H2,1-4H3,(H,25,28). The Labute approximate surface area is 186 Å². The van der Waals surface area contributed by atoms with Gasteiger partial charge in [-0.25, -0.2) is 4.98 Å². The van der Waals surface area contributed by atoms with Crippen LogP contribution in [0.3, 0.4) is 0 Å². The van der Waals surface area contributed by atoms with Crippen molar-refractivity contribution < 1.29 is 14.3 Å². The predicted octanol–water partition coefficient (Wildman–Crippen LogP) is 4.45. The Kier molecular flexibility index (Phi) is 6.13. The second kappa shape index (κ2) is 8.98. The number of carbonyl (C=O) groups is 1. The molecule has 0 saturated carbocycles. The van der Waals surface area contributed by atoms with Crippen molar-refractivity contribution in [3.8, 4) is 22.1 Å². The lowest BCUT2D eigenvalue weighted by molar-refractivity contribution is 0.0954. The van der Waals surface area contributed by atoms with Gasteiger partial charge in [0.2, 0.25) is 0 Å². The molecule has 0 bridgehead atoms. The lowest BCUT2D eigenvalue weighted by atomic mass is 9.99. The van der Waals surface area contributed by atoms with Crippen molar-refractivity contribution in [2.24, 2.45) is 0 Å². The molecular formula is C24H27N3O3S. The summed E-state index contributed by atoms with van der Waals surface area (Å²) in [6.45, 7) is 3.46. The third-order valence-corrected chi connectivity index (χ3v) is 6.79. The van der Waals surface area contributed by atoms with Crippen molar-refractivity contribution in [2.45, 2.75) is 26.3 Å². The Hall–Kier alpha value is -3.06. The monoisotopic (exact) mass is 437 g/mol. The van der Waals surface area contributed by atoms with Crippen molar-refractivity contribution in [3.05, 3.63) is 58.1 Å². The van der Waals surface area contributed by atoms with Crippen LogP contribution in [0, 0.1) is 6.92 Å². The van der Waals surface area contributed by atoms with Gasteiger partial charge in [0.25, 0.3) is 5.91 Å². The zero-order valence-corrected chi connectivity index (χ0v) is 19.1. The normalized spacial score (nSPS) is 13.0. The molecule has 0 fully saturated rings. The van der Waals surface area contributed by atoms with Gasteiger partial charge < -0.3 is 19.7 Å². The molecule has 6 nitrogen and oxygen atoms in total. The third kappa shape index (κ3) is 4.37. The van der Waals surface area contributed by atoms with E-state index < -0.39 is 0 Å². The van der Waals surface area contributed by atoms with Crippen LogP contribution in [0.25, 0.3) is 10.6 Å². The molecule has 2 aromatic carbocycles. The smallest absolute Gasteiger partial charge is 0.263 e. The molecular weight excluding hydrogens is 410 g/mol. The van der Waals surface area contributed by atoms with E-state index in [1.54, 1.807) is 14.2 Å². The number of thiazole rings is 1. The van der Waals surface area contributed by atoms with Crippen molar-refractivity contribution in [1.29, 1.82) is 0 Å². The second-order valence-electron chi connectivity index (χ2n) is 7.67. The average molecular weight is 438 g/mol. The van der Waals surface area contributed by atoms with Crippen molar-refractivity contribution in [1.82, 2.24) is 10.3 Å². The summed E-state index contributed by atoms with van der Waals surface area (Å²) in [4.78, 5) is 20.4. The highest BCUT2D eigenvalue weighted by Crippen LogP contribution is 2.35. The molecule has 0 atom stereocenters. The Morgan fingerprint density at radius 1 is 1.16 bits per heavy atom. The number of hydrogen-bond acceptors (Lipinski definition) is 6. The highest BCUT2D eigenvalue weighted by atomic mass is 32.1. The van der Waals surface area contributed by atoms with Crippen LogP contribution in [0.15, 0.2) is 36.4 Å². The lowest BCUT2D eigenvalue weighted by Crippen LogP contribution is -2.25. The number of fused-ring (bicyclic) bond motifs is 1. The molecule has 0 saturated heterocycles. The summed E-state index contributed by atoms with van der Waals surface area (Å²) in [5.41, 5.74) is 5.37. The Morgan fingerprint density at radius 2 is 1.97 bits per heavy atom. The minimum absolute atomic E-state index is 0.100. The number of rotatable bonds is 6. The second-order valence-corrected chi connectivity index (χ2v) is 8.67. The summed E-state index contributed by atoms with van der Waals surface area (Å²) in [5.74, 6) is 1.20. The topological polar surface area (TPSA) is 63.7 Å². The molecule has 0 spiro atoms. The summed E-state index contributed by atoms with van der Waals surface area (Å²) in [5, 5.41) is 3.83. The molecule has 0 aliphatic carbocycles. The molecule has 3 aromatic rings. The molecule has 1 aromatic heterocycles. The molecule has 4 rings (SSSR count). The minimum Gasteiger partial charge on any atom is -0.493 e. The summed E-state index contributed by atoms with van der Waals surface area (Å²) in [7, 11) is 5.34. The van der Waals surface area contributed by atoms with Gasteiger partial charge in [-0.2, -0.15) is 0 Å². The Morgan fingerprint density at radius 3 is 2.74 bits per heavy atom. The van der Waals surface area contributed by atoms with Gasteiger partial charge >= 0.3 is 0 Å². The molecule has 162 valence electrons. The van der Waals surface area contributed by atoms with Gasteiger partial charge in [0.05, 0.1) is 19.9 Å². The largest absolute Gasteiger partial charge is 0.493 e. The molecule has 1 amide bonds. The van der Waals surface area contributed by atoms with E-state index >= 15 is 0 Å². The first-order valence-electron chi connectivity index (χ1n) is 10.3. The Bertz CT molecular complexity index is 1110. The average Bonchev–Trinajstić information content (AvgIpc) is 3.18. The molecule has 7 heteroatoms. The van der Waals surface area contributed by atoms with Crippen LogP contribution in [-0.4, -0.2) is 38.7 Å². The number of carbonyl (C=O) groups excluding carboxylic acids is 1. The van der Waals surface area contributed by atoms with Crippen molar-refractivity contribution in [2.75, 3.05) is 32.7 Å². The SMILES string of the molecule is COc1ccc(-c2nc(C)c(C(=O)NCc3ccc4c(c3)CCCN4C)s2)cc1OC. The van der Waals surface area contributed by atoms with Gasteiger partial charge in [-0.05, 0) is 55.2 Å². The van der Waals surface area contributed by atoms with Gasteiger partial charge in [-0.15, -0.1) is 11.3 Å². The highest BCUT2D eigenvalue weighted by molar-refractivity contribution is 7.17. The minimum atomic E-state index is -0.100. The molecule has 0 radical (unpaired) electrons. The maximum absolute atomic E-state index is 12.9. The van der Waals surface area contributed by atoms with Gasteiger partial charge in [-0.3, -0.25) is 4.79 Å². The van der Waals surface area contributed by atoms with Crippen LogP contribution in [0.2, 0.25) is 0 Å². The van der Waals surface area contributed by atoms with Crippen LogP contribution in [0.5, 0.6) is 11.5 Å². The van der Waals surface area contributed by atoms with Crippen molar-refractivity contribution >= 4 is 22.9 Å². The quantitative estimate of drug-likeness (QED) is 0.617. The summed E-state index contributed by atoms with van der Waals surface area (Å²) >= 11 is 1.39. The van der Waals surface area contributed by atoms with Crippen LogP contribution < -0.4 is 19.7 Å². The number of nitrogens with zero attached hydrogens (tertiary/aromatic N) is 2. The summed E-state index contributed by atoms with van der Waals surface area (Å²) in [6, 6.07) is 12.1. The van der Waals surface area contributed by atoms with E-state index in [9.17, 15) is 4.79 Å². The fourth-order valence-electron chi connectivity index (χ4n) is 3.91. The highest BCUT2D eigenvalue weighted by Gasteiger charge is 2.18. The fourth-order valence-corrected chi connectivity index (χ4v) is 4.89. The van der Waals surface area contributed by atoms with E-state index in [2.05, 4.69) is 40.4 Å². The molecule has 1 N–H and O–H groups in total.